The summed E-state index contributed by atoms with van der Waals surface area (Å²) in [6.07, 6.45) is -0.286. The molecule has 6 nitrogen and oxygen atoms in total. The summed E-state index contributed by atoms with van der Waals surface area (Å²) in [5, 5.41) is 0. The lowest BCUT2D eigenvalue weighted by Crippen LogP contribution is -2.50. The standard InChI is InChI=1S/C33H35F4N5O/c1-22-2-3-24(19-38-22)21-40-10-8-25(9-11-40)28-16-26-17-31(39-30(26)18-29(28)34)32(43)42-14-12-41(13-15-42)20-23-4-6-27(7-5-23)33(35,36)37/h2-7,16,18-19,25H,8-15,17,20-21H2,1H3. The van der Waals surface area contributed by atoms with Gasteiger partial charge in [-0.05, 0) is 79.2 Å². The van der Waals surface area contributed by atoms with Gasteiger partial charge in [0.25, 0.3) is 5.91 Å². The van der Waals surface area contributed by atoms with Crippen LogP contribution in [0.25, 0.3) is 0 Å². The highest BCUT2D eigenvalue weighted by Crippen LogP contribution is 2.37. The molecule has 2 saturated heterocycles. The molecule has 3 aliphatic rings. The summed E-state index contributed by atoms with van der Waals surface area (Å²) in [6, 6.07) is 12.7. The number of nitrogens with zero attached hydrogens (tertiary/aromatic N) is 5. The first kappa shape index (κ1) is 29.4. The minimum atomic E-state index is -4.35. The van der Waals surface area contributed by atoms with Gasteiger partial charge < -0.3 is 4.90 Å². The SMILES string of the molecule is Cc1ccc(CN2CCC(c3cc4c(cc3F)N=C(C(=O)N3CCN(Cc5ccc(C(F)(F)F)cc5)CC3)C4)CC2)cn1. The van der Waals surface area contributed by atoms with E-state index in [9.17, 15) is 18.0 Å². The number of aliphatic imine (C=N–C) groups is 1. The van der Waals surface area contributed by atoms with Gasteiger partial charge in [-0.15, -0.1) is 0 Å². The van der Waals surface area contributed by atoms with Gasteiger partial charge in [-0.1, -0.05) is 24.3 Å². The maximum absolute atomic E-state index is 15.2. The maximum atomic E-state index is 15.2. The van der Waals surface area contributed by atoms with E-state index in [2.05, 4.69) is 25.8 Å². The number of piperidine rings is 1. The lowest BCUT2D eigenvalue weighted by molar-refractivity contribution is -0.137. The van der Waals surface area contributed by atoms with Crippen LogP contribution in [0.15, 0.2) is 59.7 Å². The van der Waals surface area contributed by atoms with E-state index < -0.39 is 11.7 Å². The molecule has 3 aromatic rings. The van der Waals surface area contributed by atoms with Crippen molar-refractivity contribution in [1.29, 1.82) is 0 Å². The number of alkyl halides is 3. The van der Waals surface area contributed by atoms with E-state index in [0.29, 0.717) is 50.5 Å². The number of piperazine rings is 1. The molecule has 43 heavy (non-hydrogen) atoms. The zero-order valence-electron chi connectivity index (χ0n) is 24.2. The number of halogens is 4. The van der Waals surface area contributed by atoms with Crippen LogP contribution in [0.3, 0.4) is 0 Å². The number of carbonyl (C=O) groups excluding carboxylic acids is 1. The molecule has 0 spiro atoms. The van der Waals surface area contributed by atoms with Crippen LogP contribution in [0.5, 0.6) is 0 Å². The summed E-state index contributed by atoms with van der Waals surface area (Å²) >= 11 is 0. The van der Waals surface area contributed by atoms with E-state index >= 15 is 4.39 Å². The fourth-order valence-electron chi connectivity index (χ4n) is 6.28. The summed E-state index contributed by atoms with van der Waals surface area (Å²) in [6.45, 7) is 7.36. The predicted molar refractivity (Wildman–Crippen MR) is 157 cm³/mol. The molecule has 6 rings (SSSR count). The zero-order valence-corrected chi connectivity index (χ0v) is 24.2. The molecule has 3 aliphatic heterocycles. The van der Waals surface area contributed by atoms with Crippen molar-refractivity contribution in [3.05, 3.63) is 94.1 Å². The Morgan fingerprint density at radius 2 is 1.53 bits per heavy atom. The van der Waals surface area contributed by atoms with Crippen LogP contribution in [0.2, 0.25) is 0 Å². The molecule has 0 radical (unpaired) electrons. The van der Waals surface area contributed by atoms with Crippen molar-refractivity contribution in [1.82, 2.24) is 19.7 Å². The average Bonchev–Trinajstić information content (AvgIpc) is 3.41. The Hall–Kier alpha value is -3.63. The number of carbonyl (C=O) groups is 1. The van der Waals surface area contributed by atoms with Gasteiger partial charge in [-0.25, -0.2) is 9.38 Å². The fraction of sp³-hybridized carbons (Fsp3) is 0.424. The summed E-state index contributed by atoms with van der Waals surface area (Å²) in [5.41, 5.74) is 4.91. The van der Waals surface area contributed by atoms with Gasteiger partial charge in [0.15, 0.2) is 0 Å². The van der Waals surface area contributed by atoms with E-state index in [1.54, 1.807) is 4.90 Å². The van der Waals surface area contributed by atoms with E-state index in [4.69, 9.17) is 0 Å². The fourth-order valence-corrected chi connectivity index (χ4v) is 6.28. The first-order chi connectivity index (χ1) is 20.6. The molecule has 10 heteroatoms. The van der Waals surface area contributed by atoms with Crippen LogP contribution in [0.1, 0.15) is 52.3 Å². The van der Waals surface area contributed by atoms with Crippen molar-refractivity contribution in [2.45, 2.75) is 51.4 Å². The number of fused-ring (bicyclic) bond motifs is 1. The van der Waals surface area contributed by atoms with Crippen LogP contribution >= 0.6 is 0 Å². The van der Waals surface area contributed by atoms with E-state index in [1.165, 1.54) is 23.8 Å². The number of aromatic nitrogens is 1. The number of hydrogen-bond acceptors (Lipinski definition) is 5. The molecule has 4 heterocycles. The summed E-state index contributed by atoms with van der Waals surface area (Å²) < 4.78 is 53.8. The average molecular weight is 594 g/mol. The van der Waals surface area contributed by atoms with E-state index in [1.807, 2.05) is 25.3 Å². The second kappa shape index (κ2) is 12.2. The minimum Gasteiger partial charge on any atom is -0.335 e. The molecule has 0 atom stereocenters. The third-order valence-electron chi connectivity index (χ3n) is 8.81. The Bertz CT molecular complexity index is 1490. The molecule has 1 amide bonds. The molecule has 0 aliphatic carbocycles. The third kappa shape index (κ3) is 6.80. The first-order valence-corrected chi connectivity index (χ1v) is 14.8. The molecule has 0 N–H and O–H groups in total. The van der Waals surface area contributed by atoms with Crippen LogP contribution in [-0.2, 0) is 30.5 Å². The number of aryl methyl sites for hydroxylation is 1. The number of benzene rings is 2. The molecule has 1 aromatic heterocycles. The highest BCUT2D eigenvalue weighted by atomic mass is 19.4. The Morgan fingerprint density at radius 3 is 2.19 bits per heavy atom. The van der Waals surface area contributed by atoms with Crippen molar-refractivity contribution in [3.63, 3.8) is 0 Å². The summed E-state index contributed by atoms with van der Waals surface area (Å²) in [5.74, 6) is -0.254. The van der Waals surface area contributed by atoms with E-state index in [0.717, 1.165) is 67.0 Å². The second-order valence-corrected chi connectivity index (χ2v) is 11.9. The van der Waals surface area contributed by atoms with Gasteiger partial charge in [0.2, 0.25) is 0 Å². The molecule has 2 fully saturated rings. The molecular formula is C33H35F4N5O. The van der Waals surface area contributed by atoms with Gasteiger partial charge in [-0.3, -0.25) is 19.6 Å². The van der Waals surface area contributed by atoms with Crippen molar-refractivity contribution in [2.24, 2.45) is 4.99 Å². The van der Waals surface area contributed by atoms with E-state index in [-0.39, 0.29) is 17.6 Å². The molecule has 0 bridgehead atoms. The quantitative estimate of drug-likeness (QED) is 0.334. The minimum absolute atomic E-state index is 0.133. The number of rotatable bonds is 6. The van der Waals surface area contributed by atoms with Crippen molar-refractivity contribution >= 4 is 17.3 Å². The largest absolute Gasteiger partial charge is 0.416 e. The molecular weight excluding hydrogens is 558 g/mol. The molecule has 0 unspecified atom stereocenters. The number of hydrogen-bond donors (Lipinski definition) is 0. The smallest absolute Gasteiger partial charge is 0.335 e. The van der Waals surface area contributed by atoms with Gasteiger partial charge in [0.1, 0.15) is 11.5 Å². The number of pyridine rings is 1. The second-order valence-electron chi connectivity index (χ2n) is 11.9. The third-order valence-corrected chi connectivity index (χ3v) is 8.81. The maximum Gasteiger partial charge on any atom is 0.416 e. The highest BCUT2D eigenvalue weighted by molar-refractivity contribution is 6.40. The number of amides is 1. The Labute approximate surface area is 249 Å². The molecule has 0 saturated carbocycles. The molecule has 226 valence electrons. The summed E-state index contributed by atoms with van der Waals surface area (Å²) in [4.78, 5) is 28.5. The molecule has 2 aromatic carbocycles. The van der Waals surface area contributed by atoms with Crippen molar-refractivity contribution in [3.8, 4) is 0 Å². The van der Waals surface area contributed by atoms with Crippen LogP contribution < -0.4 is 0 Å². The van der Waals surface area contributed by atoms with Gasteiger partial charge in [-0.2, -0.15) is 13.2 Å². The lowest BCUT2D eigenvalue weighted by atomic mass is 9.87. The van der Waals surface area contributed by atoms with Crippen LogP contribution in [0, 0.1) is 12.7 Å². The first-order valence-electron chi connectivity index (χ1n) is 14.8. The van der Waals surface area contributed by atoms with Gasteiger partial charge >= 0.3 is 6.18 Å². The lowest BCUT2D eigenvalue weighted by Gasteiger charge is -2.34. The normalized spacial score (nSPS) is 18.5. The Balaban J connectivity index is 1.00. The van der Waals surface area contributed by atoms with Crippen molar-refractivity contribution in [2.75, 3.05) is 39.3 Å². The summed E-state index contributed by atoms with van der Waals surface area (Å²) in [7, 11) is 0. The topological polar surface area (TPSA) is 52.0 Å². The Kier molecular flexibility index (Phi) is 8.33. The predicted octanol–water partition coefficient (Wildman–Crippen LogP) is 5.90. The van der Waals surface area contributed by atoms with Gasteiger partial charge in [0.05, 0.1) is 11.3 Å². The van der Waals surface area contributed by atoms with Gasteiger partial charge in [0, 0.05) is 63.6 Å². The van der Waals surface area contributed by atoms with Crippen LogP contribution in [0.4, 0.5) is 23.2 Å². The number of likely N-dealkylation sites (tertiary alicyclic amines) is 1. The van der Waals surface area contributed by atoms with Crippen LogP contribution in [-0.4, -0.2) is 70.6 Å². The Morgan fingerprint density at radius 1 is 0.884 bits per heavy atom. The highest BCUT2D eigenvalue weighted by Gasteiger charge is 2.32. The monoisotopic (exact) mass is 593 g/mol. The zero-order chi connectivity index (χ0) is 30.1. The van der Waals surface area contributed by atoms with Crippen molar-refractivity contribution < 1.29 is 22.4 Å².